The lowest BCUT2D eigenvalue weighted by atomic mass is 10.1. The largest absolute Gasteiger partial charge is 0.506 e. The molecule has 0 aromatic heterocycles. The first kappa shape index (κ1) is 14.9. The molecule has 1 aromatic rings. The topological polar surface area (TPSA) is 142 Å². The maximum absolute atomic E-state index is 11.7. The second-order valence-corrected chi connectivity index (χ2v) is 6.00. The van der Waals surface area contributed by atoms with Crippen LogP contribution >= 0.6 is 0 Å². The predicted molar refractivity (Wildman–Crippen MR) is 73.8 cm³/mol. The highest BCUT2D eigenvalue weighted by molar-refractivity contribution is 7.92. The molecule has 5 N–H and O–H groups in total. The zero-order valence-electron chi connectivity index (χ0n) is 10.9. The third kappa shape index (κ3) is 3.34. The first-order valence-electron chi connectivity index (χ1n) is 5.98. The van der Waals surface area contributed by atoms with Crippen LogP contribution in [0.5, 0.6) is 5.75 Å². The Morgan fingerprint density at radius 3 is 2.71 bits per heavy atom. The molecule has 0 spiro atoms. The van der Waals surface area contributed by atoms with Crippen LogP contribution in [0.15, 0.2) is 18.2 Å². The Labute approximate surface area is 120 Å². The number of hydrogen-bond donors (Lipinski definition) is 4. The number of primary amides is 1. The number of nitrogens with zero attached hydrogens (tertiary/aromatic N) is 1. The van der Waals surface area contributed by atoms with Crippen LogP contribution in [0.25, 0.3) is 0 Å². The SMILES string of the molecule is NC(=O)NCCc1ccc(N2CC(=O)NS2(=O)=O)c(O)c1. The summed E-state index contributed by atoms with van der Waals surface area (Å²) in [5, 5.41) is 12.3. The van der Waals surface area contributed by atoms with Gasteiger partial charge in [0.1, 0.15) is 12.3 Å². The molecule has 0 bridgehead atoms. The van der Waals surface area contributed by atoms with E-state index < -0.39 is 22.1 Å². The molecule has 2 rings (SSSR count). The minimum absolute atomic E-state index is 0.0139. The number of phenolic OH excluding ortho intramolecular Hbond substituents is 1. The van der Waals surface area contributed by atoms with Crippen molar-refractivity contribution >= 4 is 27.8 Å². The first-order valence-corrected chi connectivity index (χ1v) is 7.42. The van der Waals surface area contributed by atoms with Crippen LogP contribution < -0.4 is 20.1 Å². The molecule has 21 heavy (non-hydrogen) atoms. The van der Waals surface area contributed by atoms with E-state index in [0.717, 1.165) is 4.31 Å². The summed E-state index contributed by atoms with van der Waals surface area (Å²) >= 11 is 0. The number of aromatic hydroxyl groups is 1. The number of phenols is 1. The molecule has 0 radical (unpaired) electrons. The Morgan fingerprint density at radius 1 is 1.48 bits per heavy atom. The average molecular weight is 314 g/mol. The quantitative estimate of drug-likeness (QED) is 0.551. The smallest absolute Gasteiger partial charge is 0.326 e. The van der Waals surface area contributed by atoms with Crippen molar-refractivity contribution < 1.29 is 23.1 Å². The van der Waals surface area contributed by atoms with Crippen molar-refractivity contribution in [3.8, 4) is 5.75 Å². The monoisotopic (exact) mass is 314 g/mol. The summed E-state index contributed by atoms with van der Waals surface area (Å²) in [7, 11) is -3.95. The van der Waals surface area contributed by atoms with Gasteiger partial charge in [-0.1, -0.05) is 6.07 Å². The number of hydrogen-bond acceptors (Lipinski definition) is 5. The van der Waals surface area contributed by atoms with Crippen molar-refractivity contribution in [1.29, 1.82) is 0 Å². The Kier molecular flexibility index (Phi) is 3.89. The second-order valence-electron chi connectivity index (χ2n) is 4.40. The Balaban J connectivity index is 2.16. The number of rotatable bonds is 4. The summed E-state index contributed by atoms with van der Waals surface area (Å²) < 4.78 is 26.0. The fraction of sp³-hybridized carbons (Fsp3) is 0.273. The highest BCUT2D eigenvalue weighted by Crippen LogP contribution is 2.31. The molecule has 1 aliphatic rings. The summed E-state index contributed by atoms with van der Waals surface area (Å²) in [6, 6.07) is 3.71. The number of carbonyl (C=O) groups is 2. The highest BCUT2D eigenvalue weighted by Gasteiger charge is 2.35. The van der Waals surface area contributed by atoms with Crippen molar-refractivity contribution in [2.24, 2.45) is 5.73 Å². The standard InChI is InChI=1S/C11H14N4O5S/c12-11(18)13-4-3-7-1-2-8(9(16)5-7)15-6-10(17)14-21(15,19)20/h1-2,5,16H,3-4,6H2,(H,14,17)(H3,12,13,18). The fourth-order valence-electron chi connectivity index (χ4n) is 1.93. The maximum Gasteiger partial charge on any atom is 0.326 e. The van der Waals surface area contributed by atoms with E-state index in [-0.39, 0.29) is 24.5 Å². The summed E-state index contributed by atoms with van der Waals surface area (Å²) in [5.41, 5.74) is 5.62. The highest BCUT2D eigenvalue weighted by atomic mass is 32.2. The number of benzene rings is 1. The molecule has 0 atom stereocenters. The van der Waals surface area contributed by atoms with Gasteiger partial charge in [-0.3, -0.25) is 4.79 Å². The molecule has 1 heterocycles. The van der Waals surface area contributed by atoms with E-state index in [4.69, 9.17) is 5.73 Å². The van der Waals surface area contributed by atoms with Gasteiger partial charge in [-0.2, -0.15) is 8.42 Å². The number of anilines is 1. The van der Waals surface area contributed by atoms with Crippen LogP contribution in [-0.4, -0.2) is 38.6 Å². The van der Waals surface area contributed by atoms with Crippen LogP contribution in [0.2, 0.25) is 0 Å². The third-order valence-electron chi connectivity index (χ3n) is 2.84. The van der Waals surface area contributed by atoms with Gasteiger partial charge >= 0.3 is 16.2 Å². The van der Waals surface area contributed by atoms with Crippen LogP contribution in [0.4, 0.5) is 10.5 Å². The molecule has 1 saturated heterocycles. The molecule has 0 saturated carbocycles. The zero-order chi connectivity index (χ0) is 15.6. The average Bonchev–Trinajstić information content (AvgIpc) is 2.62. The van der Waals surface area contributed by atoms with Gasteiger partial charge in [0, 0.05) is 6.54 Å². The summed E-state index contributed by atoms with van der Waals surface area (Å²) in [5.74, 6) is -0.934. The van der Waals surface area contributed by atoms with Crippen LogP contribution in [0, 0.1) is 0 Å². The molecular weight excluding hydrogens is 300 g/mol. The zero-order valence-corrected chi connectivity index (χ0v) is 11.7. The maximum atomic E-state index is 11.7. The summed E-state index contributed by atoms with van der Waals surface area (Å²) in [6.45, 7) is -0.0886. The number of nitrogens with two attached hydrogens (primary N) is 1. The van der Waals surface area contributed by atoms with Crippen molar-refractivity contribution in [3.05, 3.63) is 23.8 Å². The van der Waals surface area contributed by atoms with E-state index >= 15 is 0 Å². The molecule has 3 amide bonds. The van der Waals surface area contributed by atoms with Crippen molar-refractivity contribution in [3.63, 3.8) is 0 Å². The van der Waals surface area contributed by atoms with Gasteiger partial charge in [0.25, 0.3) is 5.91 Å². The number of carbonyl (C=O) groups excluding carboxylic acids is 2. The van der Waals surface area contributed by atoms with Gasteiger partial charge < -0.3 is 16.2 Å². The minimum Gasteiger partial charge on any atom is -0.506 e. The van der Waals surface area contributed by atoms with E-state index in [2.05, 4.69) is 5.32 Å². The molecule has 0 unspecified atom stereocenters. The molecule has 1 aromatic carbocycles. The van der Waals surface area contributed by atoms with Crippen molar-refractivity contribution in [2.45, 2.75) is 6.42 Å². The number of urea groups is 1. The van der Waals surface area contributed by atoms with Crippen molar-refractivity contribution in [2.75, 3.05) is 17.4 Å². The number of amides is 3. The minimum atomic E-state index is -3.95. The van der Waals surface area contributed by atoms with Gasteiger partial charge in [0.2, 0.25) is 0 Å². The lowest BCUT2D eigenvalue weighted by Crippen LogP contribution is -2.31. The van der Waals surface area contributed by atoms with Crippen LogP contribution in [-0.2, 0) is 21.4 Å². The van der Waals surface area contributed by atoms with Crippen molar-refractivity contribution in [1.82, 2.24) is 10.0 Å². The van der Waals surface area contributed by atoms with E-state index in [9.17, 15) is 23.1 Å². The Bertz CT molecular complexity index is 688. The van der Waals surface area contributed by atoms with Gasteiger partial charge in [-0.05, 0) is 24.1 Å². The summed E-state index contributed by atoms with van der Waals surface area (Å²) in [4.78, 5) is 21.7. The lowest BCUT2D eigenvalue weighted by Gasteiger charge is -2.16. The van der Waals surface area contributed by atoms with Gasteiger partial charge in [-0.15, -0.1) is 0 Å². The molecule has 9 nitrogen and oxygen atoms in total. The lowest BCUT2D eigenvalue weighted by molar-refractivity contribution is -0.117. The molecule has 0 aliphatic carbocycles. The molecule has 1 aliphatic heterocycles. The molecule has 114 valence electrons. The van der Waals surface area contributed by atoms with Gasteiger partial charge in [-0.25, -0.2) is 13.8 Å². The Morgan fingerprint density at radius 2 is 2.19 bits per heavy atom. The predicted octanol–water partition coefficient (Wildman–Crippen LogP) is -1.22. The normalized spacial score (nSPS) is 16.6. The fourth-order valence-corrected chi connectivity index (χ4v) is 3.09. The first-order chi connectivity index (χ1) is 9.79. The molecule has 10 heteroatoms. The Hall–Kier alpha value is -2.49. The molecular formula is C11H14N4O5S. The summed E-state index contributed by atoms with van der Waals surface area (Å²) in [6.07, 6.45) is 0.417. The third-order valence-corrected chi connectivity index (χ3v) is 4.23. The molecule has 1 fully saturated rings. The number of nitrogens with one attached hydrogen (secondary N) is 2. The van der Waals surface area contributed by atoms with Crippen LogP contribution in [0.3, 0.4) is 0 Å². The van der Waals surface area contributed by atoms with Gasteiger partial charge in [0.15, 0.2) is 0 Å². The van der Waals surface area contributed by atoms with E-state index in [1.54, 1.807) is 6.07 Å². The van der Waals surface area contributed by atoms with Gasteiger partial charge in [0.05, 0.1) is 5.69 Å². The van der Waals surface area contributed by atoms with E-state index in [1.165, 1.54) is 12.1 Å². The van der Waals surface area contributed by atoms with E-state index in [1.807, 2.05) is 4.72 Å². The second kappa shape index (κ2) is 5.48. The van der Waals surface area contributed by atoms with Crippen LogP contribution in [0.1, 0.15) is 5.56 Å². The van der Waals surface area contributed by atoms with E-state index in [0.29, 0.717) is 12.0 Å².